The van der Waals surface area contributed by atoms with Crippen molar-refractivity contribution in [3.8, 4) is 5.75 Å². The highest BCUT2D eigenvalue weighted by atomic mass is 19.1. The summed E-state index contributed by atoms with van der Waals surface area (Å²) in [5, 5.41) is 0. The second-order valence-electron chi connectivity index (χ2n) is 6.17. The van der Waals surface area contributed by atoms with Crippen LogP contribution in [0.25, 0.3) is 0 Å². The van der Waals surface area contributed by atoms with Gasteiger partial charge in [0.1, 0.15) is 5.82 Å². The second-order valence-corrected chi connectivity index (χ2v) is 6.17. The number of halogens is 2. The van der Waals surface area contributed by atoms with E-state index in [1.807, 2.05) is 0 Å². The number of benzene rings is 2. The van der Waals surface area contributed by atoms with Crippen LogP contribution in [0.4, 0.5) is 8.78 Å². The molecule has 1 fully saturated rings. The number of rotatable bonds is 4. The van der Waals surface area contributed by atoms with Crippen molar-refractivity contribution < 1.29 is 23.1 Å². The Hall–Kier alpha value is -2.96. The van der Waals surface area contributed by atoms with Gasteiger partial charge in [0.25, 0.3) is 11.8 Å². The van der Waals surface area contributed by atoms with Crippen LogP contribution in [0.5, 0.6) is 5.75 Å². The lowest BCUT2D eigenvalue weighted by Crippen LogP contribution is -2.50. The predicted octanol–water partition coefficient (Wildman–Crippen LogP) is 2.96. The van der Waals surface area contributed by atoms with Gasteiger partial charge in [-0.2, -0.15) is 0 Å². The topological polar surface area (TPSA) is 49.9 Å². The van der Waals surface area contributed by atoms with Gasteiger partial charge in [0, 0.05) is 37.3 Å². The summed E-state index contributed by atoms with van der Waals surface area (Å²) in [4.78, 5) is 28.2. The van der Waals surface area contributed by atoms with Gasteiger partial charge < -0.3 is 14.5 Å². The van der Waals surface area contributed by atoms with Crippen molar-refractivity contribution in [2.24, 2.45) is 0 Å². The lowest BCUT2D eigenvalue weighted by molar-refractivity contribution is 0.0535. The highest BCUT2D eigenvalue weighted by molar-refractivity contribution is 5.96. The van der Waals surface area contributed by atoms with Gasteiger partial charge in [-0.1, -0.05) is 6.07 Å². The first-order valence-corrected chi connectivity index (χ1v) is 8.76. The minimum atomic E-state index is -0.581. The highest BCUT2D eigenvalue weighted by Gasteiger charge is 2.26. The Morgan fingerprint density at radius 1 is 0.926 bits per heavy atom. The molecule has 142 valence electrons. The van der Waals surface area contributed by atoms with Gasteiger partial charge in [-0.25, -0.2) is 8.78 Å². The molecule has 2 aromatic rings. The van der Waals surface area contributed by atoms with Gasteiger partial charge in [0.2, 0.25) is 0 Å². The average molecular weight is 374 g/mol. The fourth-order valence-corrected chi connectivity index (χ4v) is 3.01. The number of ether oxygens (including phenoxy) is 1. The number of carbonyl (C=O) groups is 2. The predicted molar refractivity (Wildman–Crippen MR) is 95.8 cm³/mol. The summed E-state index contributed by atoms with van der Waals surface area (Å²) >= 11 is 0. The van der Waals surface area contributed by atoms with Crippen LogP contribution in [-0.2, 0) is 0 Å². The molecule has 0 N–H and O–H groups in total. The standard InChI is InChI=1S/C20H20F2N2O3/c1-2-27-18-7-6-15(13-17(18)22)20(26)24-10-8-23(9-11-24)19(25)14-4-3-5-16(21)12-14/h3-7,12-13H,2,8-11H2,1H3. The molecule has 7 heteroatoms. The maximum atomic E-state index is 14.0. The molecule has 0 unspecified atom stereocenters. The Balaban J connectivity index is 1.62. The zero-order valence-electron chi connectivity index (χ0n) is 15.0. The number of hydrogen-bond donors (Lipinski definition) is 0. The van der Waals surface area contributed by atoms with E-state index in [9.17, 15) is 18.4 Å². The van der Waals surface area contributed by atoms with E-state index in [1.165, 1.54) is 30.3 Å². The number of hydrogen-bond acceptors (Lipinski definition) is 3. The number of piperazine rings is 1. The smallest absolute Gasteiger partial charge is 0.254 e. The van der Waals surface area contributed by atoms with Crippen LogP contribution in [0, 0.1) is 11.6 Å². The molecule has 1 heterocycles. The van der Waals surface area contributed by atoms with Gasteiger partial charge in [0.15, 0.2) is 11.6 Å². The Morgan fingerprint density at radius 3 is 2.04 bits per heavy atom. The quantitative estimate of drug-likeness (QED) is 0.827. The Labute approximate surface area is 156 Å². The summed E-state index contributed by atoms with van der Waals surface area (Å²) < 4.78 is 32.4. The van der Waals surface area contributed by atoms with Crippen LogP contribution >= 0.6 is 0 Å². The first-order valence-electron chi connectivity index (χ1n) is 8.76. The van der Waals surface area contributed by atoms with Gasteiger partial charge in [-0.3, -0.25) is 9.59 Å². The van der Waals surface area contributed by atoms with E-state index in [1.54, 1.807) is 22.8 Å². The molecule has 5 nitrogen and oxygen atoms in total. The number of nitrogens with zero attached hydrogens (tertiary/aromatic N) is 2. The van der Waals surface area contributed by atoms with Crippen molar-refractivity contribution in [2.45, 2.75) is 6.92 Å². The molecule has 0 bridgehead atoms. The van der Waals surface area contributed by atoms with Crippen molar-refractivity contribution in [1.29, 1.82) is 0 Å². The molecule has 27 heavy (non-hydrogen) atoms. The van der Waals surface area contributed by atoms with Gasteiger partial charge in [-0.05, 0) is 43.3 Å². The molecule has 0 saturated carbocycles. The van der Waals surface area contributed by atoms with E-state index < -0.39 is 11.6 Å². The minimum Gasteiger partial charge on any atom is -0.491 e. The summed E-state index contributed by atoms with van der Waals surface area (Å²) in [5.74, 6) is -1.50. The molecule has 3 rings (SSSR count). The first kappa shape index (κ1) is 18.8. The lowest BCUT2D eigenvalue weighted by Gasteiger charge is -2.35. The number of carbonyl (C=O) groups excluding carboxylic acids is 2. The van der Waals surface area contributed by atoms with Crippen LogP contribution in [0.3, 0.4) is 0 Å². The Bertz CT molecular complexity index is 849. The van der Waals surface area contributed by atoms with Crippen LogP contribution in [0.15, 0.2) is 42.5 Å². The van der Waals surface area contributed by atoms with Crippen molar-refractivity contribution in [3.05, 3.63) is 65.2 Å². The maximum absolute atomic E-state index is 14.0. The van der Waals surface area contributed by atoms with Crippen molar-refractivity contribution in [3.63, 3.8) is 0 Å². The molecular formula is C20H20F2N2O3. The SMILES string of the molecule is CCOc1ccc(C(=O)N2CCN(C(=O)c3cccc(F)c3)CC2)cc1F. The van der Waals surface area contributed by atoms with Gasteiger partial charge in [-0.15, -0.1) is 0 Å². The number of amides is 2. The van der Waals surface area contributed by atoms with Crippen LogP contribution in [0.2, 0.25) is 0 Å². The molecule has 2 aromatic carbocycles. The summed E-state index contributed by atoms with van der Waals surface area (Å²) in [6.45, 7) is 3.42. The van der Waals surface area contributed by atoms with Crippen molar-refractivity contribution in [1.82, 2.24) is 9.80 Å². The zero-order chi connectivity index (χ0) is 19.4. The molecular weight excluding hydrogens is 354 g/mol. The Kier molecular flexibility index (Phi) is 5.69. The molecule has 0 aromatic heterocycles. The summed E-state index contributed by atoms with van der Waals surface area (Å²) in [6, 6.07) is 9.66. The fourth-order valence-electron chi connectivity index (χ4n) is 3.01. The second kappa shape index (κ2) is 8.16. The van der Waals surface area contributed by atoms with E-state index in [-0.39, 0.29) is 28.7 Å². The lowest BCUT2D eigenvalue weighted by atomic mass is 10.1. The molecule has 0 atom stereocenters. The van der Waals surface area contributed by atoms with Crippen molar-refractivity contribution in [2.75, 3.05) is 32.8 Å². The first-order chi connectivity index (χ1) is 13.0. The third-order valence-corrected chi connectivity index (χ3v) is 4.40. The molecule has 0 radical (unpaired) electrons. The summed E-state index contributed by atoms with van der Waals surface area (Å²) in [7, 11) is 0. The van der Waals surface area contributed by atoms with E-state index in [0.717, 1.165) is 6.07 Å². The van der Waals surface area contributed by atoms with Gasteiger partial charge >= 0.3 is 0 Å². The summed E-state index contributed by atoms with van der Waals surface area (Å²) in [5.41, 5.74) is 0.518. The third-order valence-electron chi connectivity index (χ3n) is 4.40. The normalized spacial score (nSPS) is 14.2. The largest absolute Gasteiger partial charge is 0.491 e. The summed E-state index contributed by atoms with van der Waals surface area (Å²) in [6.07, 6.45) is 0. The molecule has 1 saturated heterocycles. The maximum Gasteiger partial charge on any atom is 0.254 e. The monoisotopic (exact) mass is 374 g/mol. The fraction of sp³-hybridized carbons (Fsp3) is 0.300. The van der Waals surface area contributed by atoms with Crippen molar-refractivity contribution >= 4 is 11.8 Å². The van der Waals surface area contributed by atoms with E-state index in [2.05, 4.69) is 0 Å². The van der Waals surface area contributed by atoms with E-state index in [4.69, 9.17) is 4.74 Å². The minimum absolute atomic E-state index is 0.111. The molecule has 1 aliphatic heterocycles. The highest BCUT2D eigenvalue weighted by Crippen LogP contribution is 2.20. The van der Waals surface area contributed by atoms with Gasteiger partial charge in [0.05, 0.1) is 6.61 Å². The molecule has 1 aliphatic rings. The molecule has 2 amide bonds. The van der Waals surface area contributed by atoms with Crippen LogP contribution < -0.4 is 4.74 Å². The molecule has 0 aliphatic carbocycles. The van der Waals surface area contributed by atoms with Crippen LogP contribution in [-0.4, -0.2) is 54.4 Å². The Morgan fingerprint density at radius 2 is 1.52 bits per heavy atom. The van der Waals surface area contributed by atoms with E-state index in [0.29, 0.717) is 32.8 Å². The van der Waals surface area contributed by atoms with E-state index >= 15 is 0 Å². The van der Waals surface area contributed by atoms with Crippen LogP contribution in [0.1, 0.15) is 27.6 Å². The third kappa shape index (κ3) is 4.24. The molecule has 0 spiro atoms. The average Bonchev–Trinajstić information content (AvgIpc) is 2.68. The zero-order valence-corrected chi connectivity index (χ0v) is 15.0.